The zero-order valence-corrected chi connectivity index (χ0v) is 37.1. The Bertz CT molecular complexity index is 1840. The minimum Gasteiger partial charge on any atom is -0.459 e. The van der Waals surface area contributed by atoms with Crippen LogP contribution in [0.25, 0.3) is 0 Å². The highest BCUT2D eigenvalue weighted by molar-refractivity contribution is 5.77. The molecule has 2 aliphatic heterocycles. The molecule has 0 saturated carbocycles. The normalized spacial score (nSPS) is 17.3. The van der Waals surface area contributed by atoms with E-state index in [1.807, 2.05) is 163 Å². The van der Waals surface area contributed by atoms with Crippen LogP contribution in [0.3, 0.4) is 0 Å². The van der Waals surface area contributed by atoms with E-state index in [1.165, 1.54) is 0 Å². The number of esters is 2. The molecular weight excluding hydrogens is 785 g/mol. The smallest absolute Gasteiger partial charge is 0.410 e. The van der Waals surface area contributed by atoms with Gasteiger partial charge in [0.05, 0.1) is 0 Å². The predicted octanol–water partition coefficient (Wildman–Crippen LogP) is 7.88. The molecule has 0 radical (unpaired) electrons. The first-order chi connectivity index (χ1) is 29.6. The number of nitrogens with zero attached hydrogens (tertiary/aromatic N) is 2. The van der Waals surface area contributed by atoms with Gasteiger partial charge in [-0.15, -0.1) is 0 Å². The second-order valence-corrected chi connectivity index (χ2v) is 17.8. The summed E-state index contributed by atoms with van der Waals surface area (Å²) >= 11 is 0. The summed E-state index contributed by atoms with van der Waals surface area (Å²) in [4.78, 5) is 53.9. The fraction of sp³-hybridized carbons (Fsp3) is 0.440. The van der Waals surface area contributed by atoms with Crippen LogP contribution in [0.15, 0.2) is 121 Å². The number of ether oxygens (including phenoxy) is 4. The summed E-state index contributed by atoms with van der Waals surface area (Å²) in [6.45, 7) is 13.9. The molecule has 62 heavy (non-hydrogen) atoms. The molecule has 4 atom stereocenters. The second-order valence-electron chi connectivity index (χ2n) is 17.8. The number of amides is 2. The number of benzene rings is 4. The fourth-order valence-electron chi connectivity index (χ4n) is 7.18. The lowest BCUT2D eigenvalue weighted by molar-refractivity contribution is -0.158. The van der Waals surface area contributed by atoms with Gasteiger partial charge in [0, 0.05) is 38.3 Å². The Morgan fingerprint density at radius 2 is 0.823 bits per heavy atom. The third kappa shape index (κ3) is 16.6. The lowest BCUT2D eigenvalue weighted by Gasteiger charge is -2.27. The summed E-state index contributed by atoms with van der Waals surface area (Å²) in [6, 6.07) is 38.0. The SMILES string of the molecule is CC(C)(C)OC(=O)[C@H](Cc1ccccc1)N[C@H]1CCN(C(=O)OCc2ccccc2)C1.CC(C)(C)OC(=O)[C@H](Cc1ccccc1)N[C@H]1CCN(C(=O)OCc2ccccc2)C1. The molecule has 2 N–H and O–H groups in total. The minimum absolute atomic E-state index is 0.00510. The first-order valence-corrected chi connectivity index (χ1v) is 21.6. The van der Waals surface area contributed by atoms with E-state index in [0.29, 0.717) is 39.0 Å². The van der Waals surface area contributed by atoms with Gasteiger partial charge >= 0.3 is 24.1 Å². The topological polar surface area (TPSA) is 136 Å². The zero-order chi connectivity index (χ0) is 44.5. The van der Waals surface area contributed by atoms with Crippen molar-refractivity contribution in [1.29, 1.82) is 0 Å². The summed E-state index contributed by atoms with van der Waals surface area (Å²) in [5.41, 5.74) is 2.91. The number of rotatable bonds is 14. The monoisotopic (exact) mass is 848 g/mol. The average Bonchev–Trinajstić information content (AvgIpc) is 3.92. The van der Waals surface area contributed by atoms with E-state index >= 15 is 0 Å². The van der Waals surface area contributed by atoms with Crippen LogP contribution in [-0.4, -0.2) is 95.5 Å². The molecule has 0 aromatic heterocycles. The molecule has 0 aliphatic carbocycles. The number of likely N-dealkylation sites (tertiary alicyclic amines) is 2. The summed E-state index contributed by atoms with van der Waals surface area (Å²) in [5.74, 6) is -0.553. The van der Waals surface area contributed by atoms with Crippen LogP contribution in [0.2, 0.25) is 0 Å². The van der Waals surface area contributed by atoms with Gasteiger partial charge in [0.1, 0.15) is 36.5 Å². The molecule has 2 amide bonds. The van der Waals surface area contributed by atoms with Crippen LogP contribution in [0, 0.1) is 0 Å². The van der Waals surface area contributed by atoms with Gasteiger partial charge in [-0.3, -0.25) is 20.2 Å². The Morgan fingerprint density at radius 1 is 0.516 bits per heavy atom. The highest BCUT2D eigenvalue weighted by Crippen LogP contribution is 2.19. The Balaban J connectivity index is 0.000000234. The lowest BCUT2D eigenvalue weighted by atomic mass is 10.0. The summed E-state index contributed by atoms with van der Waals surface area (Å²) in [6.07, 6.45) is 1.92. The van der Waals surface area contributed by atoms with Crippen LogP contribution >= 0.6 is 0 Å². The maximum absolute atomic E-state index is 12.8. The number of nitrogens with one attached hydrogen (secondary N) is 2. The van der Waals surface area contributed by atoms with Gasteiger partial charge in [0.25, 0.3) is 0 Å². The van der Waals surface area contributed by atoms with Crippen molar-refractivity contribution in [3.05, 3.63) is 144 Å². The first-order valence-electron chi connectivity index (χ1n) is 21.6. The van der Waals surface area contributed by atoms with E-state index in [2.05, 4.69) is 10.6 Å². The molecule has 2 fully saturated rings. The van der Waals surface area contributed by atoms with Crippen LogP contribution in [0.1, 0.15) is 76.6 Å². The molecule has 12 heteroatoms. The molecule has 0 spiro atoms. The van der Waals surface area contributed by atoms with Crippen molar-refractivity contribution in [3.63, 3.8) is 0 Å². The maximum atomic E-state index is 12.8. The average molecular weight is 849 g/mol. The number of hydrogen-bond acceptors (Lipinski definition) is 10. The molecular formula is C50H64N4O8. The summed E-state index contributed by atoms with van der Waals surface area (Å²) in [5, 5.41) is 6.84. The largest absolute Gasteiger partial charge is 0.459 e. The lowest BCUT2D eigenvalue weighted by Crippen LogP contribution is -2.48. The van der Waals surface area contributed by atoms with Gasteiger partial charge in [-0.25, -0.2) is 9.59 Å². The van der Waals surface area contributed by atoms with E-state index in [0.717, 1.165) is 35.1 Å². The van der Waals surface area contributed by atoms with Crippen LogP contribution in [0.5, 0.6) is 0 Å². The molecule has 12 nitrogen and oxygen atoms in total. The summed E-state index contributed by atoms with van der Waals surface area (Å²) in [7, 11) is 0. The maximum Gasteiger partial charge on any atom is 0.410 e. The van der Waals surface area contributed by atoms with Crippen LogP contribution in [-0.2, 0) is 54.6 Å². The number of carbonyl (C=O) groups is 4. The van der Waals surface area contributed by atoms with E-state index in [9.17, 15) is 19.2 Å². The number of carbonyl (C=O) groups excluding carboxylic acids is 4. The molecule has 0 bridgehead atoms. The Hall–Kier alpha value is -5.72. The molecule has 2 aliphatic rings. The third-order valence-electron chi connectivity index (χ3n) is 10.1. The highest BCUT2D eigenvalue weighted by atomic mass is 16.6. The Kier molecular flexibility index (Phi) is 17.5. The Morgan fingerprint density at radius 3 is 1.13 bits per heavy atom. The third-order valence-corrected chi connectivity index (χ3v) is 10.1. The van der Waals surface area contributed by atoms with Crippen molar-refractivity contribution in [3.8, 4) is 0 Å². The minimum atomic E-state index is -0.559. The second kappa shape index (κ2) is 22.9. The number of hydrogen-bond donors (Lipinski definition) is 2. The molecule has 4 aromatic carbocycles. The van der Waals surface area contributed by atoms with Crippen LogP contribution in [0.4, 0.5) is 9.59 Å². The zero-order valence-electron chi connectivity index (χ0n) is 37.1. The molecule has 4 aromatic rings. The van der Waals surface area contributed by atoms with Crippen LogP contribution < -0.4 is 10.6 Å². The van der Waals surface area contributed by atoms with Crippen molar-refractivity contribution in [2.75, 3.05) is 26.2 Å². The predicted molar refractivity (Wildman–Crippen MR) is 239 cm³/mol. The van der Waals surface area contributed by atoms with Gasteiger partial charge in [-0.1, -0.05) is 121 Å². The van der Waals surface area contributed by atoms with Crippen molar-refractivity contribution >= 4 is 24.1 Å². The van der Waals surface area contributed by atoms with Gasteiger partial charge < -0.3 is 28.7 Å². The molecule has 2 saturated heterocycles. The van der Waals surface area contributed by atoms with E-state index in [1.54, 1.807) is 9.80 Å². The Labute approximate surface area is 367 Å². The van der Waals surface area contributed by atoms with Crippen molar-refractivity contribution < 1.29 is 38.1 Å². The first kappa shape index (κ1) is 47.3. The van der Waals surface area contributed by atoms with Crippen molar-refractivity contribution in [2.45, 2.75) is 116 Å². The fourth-order valence-corrected chi connectivity index (χ4v) is 7.18. The van der Waals surface area contributed by atoms with E-state index in [-0.39, 0.29) is 49.4 Å². The molecule has 0 unspecified atom stereocenters. The standard InChI is InChI=1S/2C25H32N2O4/c2*1-25(2,3)31-23(28)22(16-19-10-6-4-7-11-19)26-21-14-15-27(17-21)24(29)30-18-20-12-8-5-9-13-20/h2*4-13,21-22,26H,14-18H2,1-3H3/t2*21-,22-/m00/s1. The van der Waals surface area contributed by atoms with E-state index < -0.39 is 23.3 Å². The molecule has 6 rings (SSSR count). The van der Waals surface area contributed by atoms with E-state index in [4.69, 9.17) is 18.9 Å². The highest BCUT2D eigenvalue weighted by Gasteiger charge is 2.34. The van der Waals surface area contributed by atoms with Gasteiger partial charge in [0.15, 0.2) is 0 Å². The van der Waals surface area contributed by atoms with Gasteiger partial charge in [-0.2, -0.15) is 0 Å². The van der Waals surface area contributed by atoms with Gasteiger partial charge in [-0.05, 0) is 89.5 Å². The van der Waals surface area contributed by atoms with Gasteiger partial charge in [0.2, 0.25) is 0 Å². The van der Waals surface area contributed by atoms with Crippen molar-refractivity contribution in [2.24, 2.45) is 0 Å². The molecule has 2 heterocycles. The van der Waals surface area contributed by atoms with Crippen molar-refractivity contribution in [1.82, 2.24) is 20.4 Å². The molecule has 332 valence electrons. The quantitative estimate of drug-likeness (QED) is 0.0954. The summed E-state index contributed by atoms with van der Waals surface area (Å²) < 4.78 is 22.2.